The summed E-state index contributed by atoms with van der Waals surface area (Å²) in [7, 11) is -3.31. The van der Waals surface area contributed by atoms with Crippen LogP contribution in [0.2, 0.25) is 0 Å². The zero-order valence-electron chi connectivity index (χ0n) is 18.4. The number of halogens is 1. The van der Waals surface area contributed by atoms with Gasteiger partial charge in [-0.3, -0.25) is 0 Å². The Morgan fingerprint density at radius 2 is 1.69 bits per heavy atom. The molecule has 170 valence electrons. The number of hydrogen-bond acceptors (Lipinski definition) is 3. The largest absolute Gasteiger partial charge is 0.465 e. The highest BCUT2D eigenvalue weighted by atomic mass is 32.2. The first kappa shape index (κ1) is 23.5. The van der Waals surface area contributed by atoms with Gasteiger partial charge in [0, 0.05) is 30.7 Å². The fraction of sp³-hybridized carbons (Fsp3) is 0.292. The average molecular weight is 459 g/mol. The third-order valence-corrected chi connectivity index (χ3v) is 6.56. The number of amides is 1. The van der Waals surface area contributed by atoms with Crippen LogP contribution in [0, 0.1) is 12.7 Å². The van der Waals surface area contributed by atoms with Crippen LogP contribution in [-0.4, -0.2) is 48.4 Å². The van der Waals surface area contributed by atoms with Crippen molar-refractivity contribution in [1.82, 2.24) is 9.47 Å². The maximum atomic E-state index is 13.5. The first-order chi connectivity index (χ1) is 15.1. The van der Waals surface area contributed by atoms with Gasteiger partial charge in [-0.25, -0.2) is 17.6 Å². The second-order valence-corrected chi connectivity index (χ2v) is 9.78. The molecule has 0 fully saturated rings. The molecule has 0 bridgehead atoms. The maximum absolute atomic E-state index is 13.5. The van der Waals surface area contributed by atoms with Crippen LogP contribution in [-0.2, 0) is 16.3 Å². The first-order valence-corrected chi connectivity index (χ1v) is 12.3. The van der Waals surface area contributed by atoms with Crippen LogP contribution in [0.25, 0.3) is 16.9 Å². The van der Waals surface area contributed by atoms with E-state index in [1.165, 1.54) is 17.0 Å². The summed E-state index contributed by atoms with van der Waals surface area (Å²) in [4.78, 5) is 13.1. The number of benzene rings is 2. The Kier molecular flexibility index (Phi) is 7.03. The third-order valence-electron chi connectivity index (χ3n) is 5.43. The summed E-state index contributed by atoms with van der Waals surface area (Å²) in [5, 5.41) is 9.42. The molecule has 6 nitrogen and oxygen atoms in total. The van der Waals surface area contributed by atoms with Crippen molar-refractivity contribution in [3.05, 3.63) is 71.7 Å². The average Bonchev–Trinajstić information content (AvgIpc) is 3.07. The number of sulfone groups is 1. The van der Waals surface area contributed by atoms with Crippen molar-refractivity contribution in [2.24, 2.45) is 0 Å². The lowest BCUT2D eigenvalue weighted by molar-refractivity contribution is 0.145. The van der Waals surface area contributed by atoms with Crippen molar-refractivity contribution in [2.45, 2.75) is 31.6 Å². The Bertz CT molecular complexity index is 1200. The minimum Gasteiger partial charge on any atom is -0.465 e. The number of carbonyl (C=O) groups is 1. The van der Waals surface area contributed by atoms with Crippen LogP contribution in [0.3, 0.4) is 0 Å². The Balaban J connectivity index is 2.05. The van der Waals surface area contributed by atoms with Crippen molar-refractivity contribution in [1.29, 1.82) is 0 Å². The molecule has 3 rings (SSSR count). The molecule has 1 heterocycles. The van der Waals surface area contributed by atoms with Gasteiger partial charge in [0.05, 0.1) is 10.6 Å². The Morgan fingerprint density at radius 3 is 2.22 bits per heavy atom. The van der Waals surface area contributed by atoms with E-state index in [1.54, 1.807) is 36.4 Å². The summed E-state index contributed by atoms with van der Waals surface area (Å²) in [5.74, 6) is -0.338. The van der Waals surface area contributed by atoms with E-state index in [2.05, 4.69) is 0 Å². The molecule has 0 aliphatic carbocycles. The van der Waals surface area contributed by atoms with E-state index in [4.69, 9.17) is 0 Å². The molecule has 8 heteroatoms. The summed E-state index contributed by atoms with van der Waals surface area (Å²) in [5.41, 5.74) is 4.28. The molecular formula is C24H27FN2O4S. The predicted molar refractivity (Wildman–Crippen MR) is 123 cm³/mol. The SMILES string of the molecule is CCCN(CCc1cc(-c2ccc(S(C)(=O)=O)cc2)n(-c2ccc(F)cc2)c1C)C(=O)O. The van der Waals surface area contributed by atoms with E-state index in [0.717, 1.165) is 40.9 Å². The maximum Gasteiger partial charge on any atom is 0.407 e. The van der Waals surface area contributed by atoms with Crippen molar-refractivity contribution in [3.63, 3.8) is 0 Å². The standard InChI is InChI=1S/C24H27FN2O4S/c1-4-14-26(24(28)29)15-13-19-16-23(18-5-11-22(12-6-18)32(3,30)31)27(17(19)2)21-9-7-20(25)8-10-21/h5-12,16H,4,13-15H2,1-3H3,(H,28,29). The van der Waals surface area contributed by atoms with Crippen LogP contribution in [0.15, 0.2) is 59.5 Å². The van der Waals surface area contributed by atoms with E-state index < -0.39 is 15.9 Å². The minimum atomic E-state index is -3.31. The second kappa shape index (κ2) is 9.56. The summed E-state index contributed by atoms with van der Waals surface area (Å²) in [6.45, 7) is 4.71. The van der Waals surface area contributed by atoms with E-state index in [9.17, 15) is 22.7 Å². The lowest BCUT2D eigenvalue weighted by atomic mass is 10.1. The molecule has 1 N–H and O–H groups in total. The number of hydrogen-bond donors (Lipinski definition) is 1. The monoisotopic (exact) mass is 458 g/mol. The fourth-order valence-electron chi connectivity index (χ4n) is 3.75. The van der Waals surface area contributed by atoms with Gasteiger partial charge in [-0.1, -0.05) is 19.1 Å². The van der Waals surface area contributed by atoms with E-state index in [1.807, 2.05) is 24.5 Å². The fourth-order valence-corrected chi connectivity index (χ4v) is 4.38. The van der Waals surface area contributed by atoms with Gasteiger partial charge in [0.15, 0.2) is 9.84 Å². The normalized spacial score (nSPS) is 11.5. The molecule has 0 atom stereocenters. The van der Waals surface area contributed by atoms with E-state index in [0.29, 0.717) is 19.5 Å². The second-order valence-electron chi connectivity index (χ2n) is 7.77. The van der Waals surface area contributed by atoms with Crippen LogP contribution in [0.1, 0.15) is 24.6 Å². The molecule has 32 heavy (non-hydrogen) atoms. The highest BCUT2D eigenvalue weighted by molar-refractivity contribution is 7.90. The molecule has 0 aliphatic rings. The van der Waals surface area contributed by atoms with Crippen LogP contribution in [0.5, 0.6) is 0 Å². The predicted octanol–water partition coefficient (Wildman–Crippen LogP) is 4.93. The third kappa shape index (κ3) is 5.19. The quantitative estimate of drug-likeness (QED) is 0.519. The Hall–Kier alpha value is -3.13. The van der Waals surface area contributed by atoms with Gasteiger partial charge < -0.3 is 14.6 Å². The van der Waals surface area contributed by atoms with Gasteiger partial charge in [0.25, 0.3) is 0 Å². The van der Waals surface area contributed by atoms with Gasteiger partial charge in [-0.2, -0.15) is 0 Å². The molecule has 0 aliphatic heterocycles. The Labute approximate surface area is 187 Å². The summed E-state index contributed by atoms with van der Waals surface area (Å²) >= 11 is 0. The number of nitrogens with zero attached hydrogens (tertiary/aromatic N) is 2. The zero-order chi connectivity index (χ0) is 23.5. The lowest BCUT2D eigenvalue weighted by Crippen LogP contribution is -2.32. The Morgan fingerprint density at radius 1 is 1.06 bits per heavy atom. The molecule has 2 aromatic carbocycles. The molecule has 1 amide bonds. The van der Waals surface area contributed by atoms with Crippen LogP contribution >= 0.6 is 0 Å². The van der Waals surface area contributed by atoms with Crippen LogP contribution in [0.4, 0.5) is 9.18 Å². The summed E-state index contributed by atoms with van der Waals surface area (Å²) in [6.07, 6.45) is 1.48. The lowest BCUT2D eigenvalue weighted by Gasteiger charge is -2.18. The number of carboxylic acid groups (broad SMARTS) is 1. The first-order valence-electron chi connectivity index (χ1n) is 10.4. The van der Waals surface area contributed by atoms with Gasteiger partial charge in [0.1, 0.15) is 5.82 Å². The minimum absolute atomic E-state index is 0.231. The number of aromatic nitrogens is 1. The molecule has 0 saturated heterocycles. The van der Waals surface area contributed by atoms with Gasteiger partial charge >= 0.3 is 6.09 Å². The molecule has 0 saturated carbocycles. The van der Waals surface area contributed by atoms with Crippen molar-refractivity contribution >= 4 is 15.9 Å². The van der Waals surface area contributed by atoms with Gasteiger partial charge in [0.2, 0.25) is 0 Å². The summed E-state index contributed by atoms with van der Waals surface area (Å²) < 4.78 is 39.1. The van der Waals surface area contributed by atoms with Crippen molar-refractivity contribution in [3.8, 4) is 16.9 Å². The van der Waals surface area contributed by atoms with E-state index in [-0.39, 0.29) is 10.7 Å². The highest BCUT2D eigenvalue weighted by Crippen LogP contribution is 2.31. The zero-order valence-corrected chi connectivity index (χ0v) is 19.2. The molecule has 0 radical (unpaired) electrons. The molecule has 0 spiro atoms. The molecule has 1 aromatic heterocycles. The van der Waals surface area contributed by atoms with Crippen molar-refractivity contribution < 1.29 is 22.7 Å². The smallest absolute Gasteiger partial charge is 0.407 e. The molecule has 0 unspecified atom stereocenters. The summed E-state index contributed by atoms with van der Waals surface area (Å²) in [6, 6.07) is 14.7. The van der Waals surface area contributed by atoms with Crippen molar-refractivity contribution in [2.75, 3.05) is 19.3 Å². The molecular weight excluding hydrogens is 431 g/mol. The number of rotatable bonds is 8. The van der Waals surface area contributed by atoms with Gasteiger partial charge in [-0.15, -0.1) is 0 Å². The van der Waals surface area contributed by atoms with Gasteiger partial charge in [-0.05, 0) is 73.4 Å². The molecule has 3 aromatic rings. The highest BCUT2D eigenvalue weighted by Gasteiger charge is 2.18. The topological polar surface area (TPSA) is 79.6 Å². The van der Waals surface area contributed by atoms with E-state index >= 15 is 0 Å². The van der Waals surface area contributed by atoms with Crippen LogP contribution < -0.4 is 0 Å².